The second-order valence-corrected chi connectivity index (χ2v) is 5.58. The number of halogens is 3. The SMILES string of the molecule is CCNC(=NCCCCn1cnnc1)NCCc1cc(F)ccc1F.I. The molecule has 26 heavy (non-hydrogen) atoms. The fourth-order valence-electron chi connectivity index (χ4n) is 2.33. The lowest BCUT2D eigenvalue weighted by molar-refractivity contribution is 0.582. The molecule has 2 N–H and O–H groups in total. The molecule has 0 aliphatic rings. The summed E-state index contributed by atoms with van der Waals surface area (Å²) in [5, 5.41) is 13.8. The topological polar surface area (TPSA) is 67.1 Å². The Morgan fingerprint density at radius 3 is 2.65 bits per heavy atom. The van der Waals surface area contributed by atoms with E-state index in [1.165, 1.54) is 6.07 Å². The predicted octanol–water partition coefficient (Wildman–Crippen LogP) is 2.75. The molecule has 0 saturated heterocycles. The Morgan fingerprint density at radius 1 is 1.15 bits per heavy atom. The van der Waals surface area contributed by atoms with Crippen LogP contribution in [0.15, 0.2) is 35.8 Å². The third-order valence-corrected chi connectivity index (χ3v) is 3.60. The molecule has 9 heteroatoms. The van der Waals surface area contributed by atoms with Crippen LogP contribution in [0.1, 0.15) is 25.3 Å². The molecular formula is C17H25F2IN6. The normalized spacial score (nSPS) is 11.1. The molecule has 1 aromatic carbocycles. The maximum Gasteiger partial charge on any atom is 0.191 e. The second-order valence-electron chi connectivity index (χ2n) is 5.58. The molecule has 0 amide bonds. The zero-order valence-electron chi connectivity index (χ0n) is 14.8. The summed E-state index contributed by atoms with van der Waals surface area (Å²) >= 11 is 0. The number of aromatic nitrogens is 3. The van der Waals surface area contributed by atoms with Gasteiger partial charge in [0, 0.05) is 26.2 Å². The standard InChI is InChI=1S/C17H24F2N6.HI/c1-2-20-17(21-8-3-4-10-25-12-23-24-13-25)22-9-7-14-11-15(18)5-6-16(14)19;/h5-6,11-13H,2-4,7-10H2,1H3,(H2,20,21,22);1H. The smallest absolute Gasteiger partial charge is 0.191 e. The summed E-state index contributed by atoms with van der Waals surface area (Å²) in [5.41, 5.74) is 0.359. The average Bonchev–Trinajstić information content (AvgIpc) is 3.11. The molecule has 0 bridgehead atoms. The molecular weight excluding hydrogens is 453 g/mol. The minimum Gasteiger partial charge on any atom is -0.357 e. The molecule has 2 rings (SSSR count). The van der Waals surface area contributed by atoms with E-state index >= 15 is 0 Å². The zero-order valence-corrected chi connectivity index (χ0v) is 17.1. The van der Waals surface area contributed by atoms with Crippen molar-refractivity contribution in [2.24, 2.45) is 4.99 Å². The lowest BCUT2D eigenvalue weighted by atomic mass is 10.1. The van der Waals surface area contributed by atoms with Gasteiger partial charge in [-0.05, 0) is 49.9 Å². The van der Waals surface area contributed by atoms with E-state index in [2.05, 4.69) is 25.8 Å². The van der Waals surface area contributed by atoms with E-state index in [1.807, 2.05) is 11.5 Å². The van der Waals surface area contributed by atoms with Crippen LogP contribution in [0.5, 0.6) is 0 Å². The van der Waals surface area contributed by atoms with Gasteiger partial charge in [-0.15, -0.1) is 34.2 Å². The van der Waals surface area contributed by atoms with Gasteiger partial charge in [-0.1, -0.05) is 0 Å². The molecule has 0 aliphatic heterocycles. The first-order chi connectivity index (χ1) is 12.2. The van der Waals surface area contributed by atoms with Crippen LogP contribution in [0, 0.1) is 11.6 Å². The Balaban J connectivity index is 0.00000338. The van der Waals surface area contributed by atoms with E-state index in [0.29, 0.717) is 31.0 Å². The number of hydrogen-bond acceptors (Lipinski definition) is 3. The monoisotopic (exact) mass is 478 g/mol. The van der Waals surface area contributed by atoms with Crippen molar-refractivity contribution in [3.63, 3.8) is 0 Å². The van der Waals surface area contributed by atoms with Gasteiger partial charge in [0.05, 0.1) is 0 Å². The van der Waals surface area contributed by atoms with E-state index < -0.39 is 5.82 Å². The summed E-state index contributed by atoms with van der Waals surface area (Å²) in [7, 11) is 0. The molecule has 2 aromatic rings. The number of benzene rings is 1. The van der Waals surface area contributed by atoms with Crippen LogP contribution in [-0.4, -0.2) is 40.4 Å². The first-order valence-electron chi connectivity index (χ1n) is 8.47. The van der Waals surface area contributed by atoms with Gasteiger partial charge in [0.1, 0.15) is 24.3 Å². The van der Waals surface area contributed by atoms with Crippen LogP contribution in [0.3, 0.4) is 0 Å². The minimum absolute atomic E-state index is 0. The number of nitrogens with zero attached hydrogens (tertiary/aromatic N) is 4. The quantitative estimate of drug-likeness (QED) is 0.252. The molecule has 1 aromatic heterocycles. The minimum atomic E-state index is -0.426. The molecule has 0 unspecified atom stereocenters. The number of rotatable bonds is 9. The number of unbranched alkanes of at least 4 members (excludes halogenated alkanes) is 1. The molecule has 0 atom stereocenters. The van der Waals surface area contributed by atoms with E-state index in [-0.39, 0.29) is 29.8 Å². The number of nitrogens with one attached hydrogen (secondary N) is 2. The number of aryl methyl sites for hydroxylation is 1. The highest BCUT2D eigenvalue weighted by Gasteiger charge is 2.04. The van der Waals surface area contributed by atoms with Crippen molar-refractivity contribution in [1.29, 1.82) is 0 Å². The van der Waals surface area contributed by atoms with Crippen molar-refractivity contribution in [2.45, 2.75) is 32.7 Å². The van der Waals surface area contributed by atoms with Crippen LogP contribution < -0.4 is 10.6 Å². The molecule has 1 heterocycles. The highest BCUT2D eigenvalue weighted by molar-refractivity contribution is 14.0. The summed E-state index contributed by atoms with van der Waals surface area (Å²) < 4.78 is 28.7. The van der Waals surface area contributed by atoms with Crippen molar-refractivity contribution >= 4 is 29.9 Å². The second kappa shape index (κ2) is 12.6. The van der Waals surface area contributed by atoms with Gasteiger partial charge in [0.2, 0.25) is 0 Å². The third-order valence-electron chi connectivity index (χ3n) is 3.60. The van der Waals surface area contributed by atoms with E-state index in [4.69, 9.17) is 0 Å². The van der Waals surface area contributed by atoms with E-state index in [9.17, 15) is 8.78 Å². The molecule has 0 saturated carbocycles. The first kappa shape index (κ1) is 22.3. The Hall–Kier alpha value is -1.78. The highest BCUT2D eigenvalue weighted by Crippen LogP contribution is 2.09. The van der Waals surface area contributed by atoms with Gasteiger partial charge >= 0.3 is 0 Å². The molecule has 0 aliphatic carbocycles. The van der Waals surface area contributed by atoms with Crippen molar-refractivity contribution in [2.75, 3.05) is 19.6 Å². The molecule has 6 nitrogen and oxygen atoms in total. The molecule has 0 spiro atoms. The molecule has 0 radical (unpaired) electrons. The van der Waals surface area contributed by atoms with E-state index in [0.717, 1.165) is 38.1 Å². The van der Waals surface area contributed by atoms with Gasteiger partial charge in [-0.3, -0.25) is 4.99 Å². The first-order valence-corrected chi connectivity index (χ1v) is 8.47. The number of guanidine groups is 1. The summed E-state index contributed by atoms with van der Waals surface area (Å²) in [6.07, 6.45) is 5.70. The van der Waals surface area contributed by atoms with E-state index in [1.54, 1.807) is 12.7 Å². The van der Waals surface area contributed by atoms with Crippen LogP contribution in [0.25, 0.3) is 0 Å². The van der Waals surface area contributed by atoms with Gasteiger partial charge in [0.15, 0.2) is 5.96 Å². The maximum atomic E-state index is 13.6. The summed E-state index contributed by atoms with van der Waals surface area (Å²) in [4.78, 5) is 4.49. The van der Waals surface area contributed by atoms with Gasteiger partial charge in [-0.2, -0.15) is 0 Å². The molecule has 0 fully saturated rings. The van der Waals surface area contributed by atoms with Gasteiger partial charge in [-0.25, -0.2) is 8.78 Å². The van der Waals surface area contributed by atoms with Crippen molar-refractivity contribution in [3.8, 4) is 0 Å². The zero-order chi connectivity index (χ0) is 17.9. The molecule has 144 valence electrons. The van der Waals surface area contributed by atoms with Crippen LogP contribution >= 0.6 is 24.0 Å². The van der Waals surface area contributed by atoms with Crippen molar-refractivity contribution in [1.82, 2.24) is 25.4 Å². The highest BCUT2D eigenvalue weighted by atomic mass is 127. The van der Waals surface area contributed by atoms with Crippen molar-refractivity contribution in [3.05, 3.63) is 48.1 Å². The number of aliphatic imine (C=N–C) groups is 1. The average molecular weight is 478 g/mol. The lowest BCUT2D eigenvalue weighted by Gasteiger charge is -2.11. The fraction of sp³-hybridized carbons (Fsp3) is 0.471. The summed E-state index contributed by atoms with van der Waals surface area (Å²) in [5.74, 6) is -0.132. The van der Waals surface area contributed by atoms with Crippen LogP contribution in [0.2, 0.25) is 0 Å². The number of hydrogen-bond donors (Lipinski definition) is 2. The van der Waals surface area contributed by atoms with Crippen LogP contribution in [-0.2, 0) is 13.0 Å². The fourth-order valence-corrected chi connectivity index (χ4v) is 2.33. The largest absolute Gasteiger partial charge is 0.357 e. The van der Waals surface area contributed by atoms with Gasteiger partial charge in [0.25, 0.3) is 0 Å². The Bertz CT molecular complexity index is 663. The van der Waals surface area contributed by atoms with Crippen molar-refractivity contribution < 1.29 is 8.78 Å². The lowest BCUT2D eigenvalue weighted by Crippen LogP contribution is -2.38. The summed E-state index contributed by atoms with van der Waals surface area (Å²) in [6.45, 7) is 4.75. The third kappa shape index (κ3) is 8.07. The Kier molecular flexibility index (Phi) is 10.7. The van der Waals surface area contributed by atoms with Gasteiger partial charge < -0.3 is 15.2 Å². The maximum absolute atomic E-state index is 13.6. The Labute approximate surface area is 169 Å². The Morgan fingerprint density at radius 2 is 1.92 bits per heavy atom. The summed E-state index contributed by atoms with van der Waals surface area (Å²) in [6, 6.07) is 3.50. The predicted molar refractivity (Wildman–Crippen MR) is 109 cm³/mol. The van der Waals surface area contributed by atoms with Crippen LogP contribution in [0.4, 0.5) is 8.78 Å².